The average molecular weight is 438 g/mol. The van der Waals surface area contributed by atoms with Gasteiger partial charge in [-0.2, -0.15) is 0 Å². The zero-order chi connectivity index (χ0) is 23.1. The molecule has 0 spiro atoms. The second-order valence-corrected chi connectivity index (χ2v) is 7.95. The van der Waals surface area contributed by atoms with E-state index in [-0.39, 0.29) is 11.3 Å². The van der Waals surface area contributed by atoms with Crippen molar-refractivity contribution in [3.63, 3.8) is 0 Å². The Kier molecular flexibility index (Phi) is 4.98. The first-order valence-electron chi connectivity index (χ1n) is 10.6. The van der Waals surface area contributed by atoms with Crippen molar-refractivity contribution in [1.82, 2.24) is 4.57 Å². The Labute approximate surface area is 190 Å². The summed E-state index contributed by atoms with van der Waals surface area (Å²) in [5, 5.41) is 12.2. The molecule has 33 heavy (non-hydrogen) atoms. The number of methoxy groups -OCH3 is 1. The van der Waals surface area contributed by atoms with Gasteiger partial charge in [-0.1, -0.05) is 36.4 Å². The maximum absolute atomic E-state index is 13.3. The predicted molar refractivity (Wildman–Crippen MR) is 127 cm³/mol. The van der Waals surface area contributed by atoms with E-state index in [4.69, 9.17) is 4.74 Å². The summed E-state index contributed by atoms with van der Waals surface area (Å²) in [6.07, 6.45) is 1.92. The van der Waals surface area contributed by atoms with Crippen molar-refractivity contribution in [2.45, 2.75) is 6.04 Å². The number of ketones is 1. The summed E-state index contributed by atoms with van der Waals surface area (Å²) in [6.45, 7) is 0. The molecule has 4 aromatic rings. The smallest absolute Gasteiger partial charge is 0.300 e. The fourth-order valence-corrected chi connectivity index (χ4v) is 4.48. The van der Waals surface area contributed by atoms with Crippen LogP contribution in [-0.4, -0.2) is 28.5 Å². The molecule has 0 radical (unpaired) electrons. The van der Waals surface area contributed by atoms with Crippen LogP contribution in [-0.2, 0) is 16.6 Å². The number of para-hydroxylation sites is 2. The highest BCUT2D eigenvalue weighted by molar-refractivity contribution is 6.51. The van der Waals surface area contributed by atoms with Gasteiger partial charge in [-0.15, -0.1) is 0 Å². The van der Waals surface area contributed by atoms with Crippen molar-refractivity contribution in [2.75, 3.05) is 12.0 Å². The lowest BCUT2D eigenvalue weighted by molar-refractivity contribution is -0.132. The first-order valence-corrected chi connectivity index (χ1v) is 10.6. The summed E-state index contributed by atoms with van der Waals surface area (Å²) >= 11 is 0. The van der Waals surface area contributed by atoms with Crippen LogP contribution in [0.5, 0.6) is 5.75 Å². The molecule has 1 fully saturated rings. The highest BCUT2D eigenvalue weighted by Crippen LogP contribution is 2.44. The Morgan fingerprint density at radius 1 is 0.909 bits per heavy atom. The molecule has 5 rings (SSSR count). The third-order valence-corrected chi connectivity index (χ3v) is 6.06. The number of aliphatic hydroxyl groups is 1. The van der Waals surface area contributed by atoms with Gasteiger partial charge in [0.05, 0.1) is 18.7 Å². The summed E-state index contributed by atoms with van der Waals surface area (Å²) in [5.41, 5.74) is 2.82. The van der Waals surface area contributed by atoms with Crippen molar-refractivity contribution in [1.29, 1.82) is 0 Å². The number of carbonyl (C=O) groups is 2. The minimum Gasteiger partial charge on any atom is -0.507 e. The molecule has 1 amide bonds. The number of nitrogens with zero attached hydrogens (tertiary/aromatic N) is 2. The van der Waals surface area contributed by atoms with E-state index < -0.39 is 17.7 Å². The molecule has 6 nitrogen and oxygen atoms in total. The maximum Gasteiger partial charge on any atom is 0.300 e. The Bertz CT molecular complexity index is 1400. The fourth-order valence-electron chi connectivity index (χ4n) is 4.48. The largest absolute Gasteiger partial charge is 0.507 e. The van der Waals surface area contributed by atoms with E-state index in [1.54, 1.807) is 43.5 Å². The number of aromatic nitrogens is 1. The highest BCUT2D eigenvalue weighted by atomic mass is 16.5. The molecule has 1 saturated heterocycles. The van der Waals surface area contributed by atoms with Crippen molar-refractivity contribution in [2.24, 2.45) is 7.05 Å². The number of benzene rings is 3. The maximum atomic E-state index is 13.3. The van der Waals surface area contributed by atoms with E-state index in [1.807, 2.05) is 60.3 Å². The summed E-state index contributed by atoms with van der Waals surface area (Å²) in [4.78, 5) is 28.1. The monoisotopic (exact) mass is 438 g/mol. The van der Waals surface area contributed by atoms with Crippen molar-refractivity contribution in [3.8, 4) is 5.75 Å². The molecule has 2 heterocycles. The molecular weight excluding hydrogens is 416 g/mol. The average Bonchev–Trinajstić information content (AvgIpc) is 3.32. The van der Waals surface area contributed by atoms with Gasteiger partial charge in [0, 0.05) is 41.0 Å². The lowest BCUT2D eigenvalue weighted by Crippen LogP contribution is -2.29. The number of amides is 1. The molecule has 164 valence electrons. The quantitative estimate of drug-likeness (QED) is 0.282. The molecule has 1 aliphatic rings. The fraction of sp³-hybridized carbons (Fsp3) is 0.111. The number of carbonyl (C=O) groups excluding carboxylic acids is 2. The Morgan fingerprint density at radius 2 is 1.58 bits per heavy atom. The first-order chi connectivity index (χ1) is 16.0. The third-order valence-electron chi connectivity index (χ3n) is 6.06. The van der Waals surface area contributed by atoms with Crippen LogP contribution < -0.4 is 9.64 Å². The molecule has 6 heteroatoms. The molecule has 3 aromatic carbocycles. The van der Waals surface area contributed by atoms with Crippen molar-refractivity contribution >= 4 is 34.0 Å². The van der Waals surface area contributed by atoms with E-state index >= 15 is 0 Å². The molecule has 1 unspecified atom stereocenters. The van der Waals surface area contributed by atoms with Crippen LogP contribution in [0.1, 0.15) is 17.2 Å². The predicted octanol–water partition coefficient (Wildman–Crippen LogP) is 4.81. The van der Waals surface area contributed by atoms with E-state index in [0.717, 1.165) is 16.5 Å². The SMILES string of the molecule is COc1ccc(/C(O)=C2\C(=O)C(=O)N(c3ccccc3)C2c2cn(C)c3ccccc23)cc1. The third kappa shape index (κ3) is 3.27. The molecule has 1 N–H and O–H groups in total. The van der Waals surface area contributed by atoms with Gasteiger partial charge in [-0.3, -0.25) is 14.5 Å². The zero-order valence-electron chi connectivity index (χ0n) is 18.2. The van der Waals surface area contributed by atoms with Crippen LogP contribution in [0.2, 0.25) is 0 Å². The summed E-state index contributed by atoms with van der Waals surface area (Å²) in [5.74, 6) is -0.978. The Hall–Kier alpha value is -4.32. The normalized spacial score (nSPS) is 17.6. The summed E-state index contributed by atoms with van der Waals surface area (Å²) < 4.78 is 7.16. The van der Waals surface area contributed by atoms with E-state index in [1.165, 1.54) is 4.90 Å². The van der Waals surface area contributed by atoms with Gasteiger partial charge in [0.25, 0.3) is 11.7 Å². The second kappa shape index (κ2) is 7.98. The van der Waals surface area contributed by atoms with E-state index in [0.29, 0.717) is 17.0 Å². The van der Waals surface area contributed by atoms with E-state index in [9.17, 15) is 14.7 Å². The summed E-state index contributed by atoms with van der Waals surface area (Å²) in [7, 11) is 3.48. The summed E-state index contributed by atoms with van der Waals surface area (Å²) in [6, 6.07) is 22.8. The molecular formula is C27H22N2O4. The van der Waals surface area contributed by atoms with Gasteiger partial charge in [-0.25, -0.2) is 0 Å². The van der Waals surface area contributed by atoms with Crippen LogP contribution in [0.4, 0.5) is 5.69 Å². The van der Waals surface area contributed by atoms with E-state index in [2.05, 4.69) is 0 Å². The number of fused-ring (bicyclic) bond motifs is 1. The molecule has 0 saturated carbocycles. The molecule has 0 bridgehead atoms. The number of aryl methyl sites for hydroxylation is 1. The van der Waals surface area contributed by atoms with Crippen molar-refractivity contribution in [3.05, 3.63) is 102 Å². The lowest BCUT2D eigenvalue weighted by atomic mass is 9.94. The van der Waals surface area contributed by atoms with Gasteiger partial charge in [0.15, 0.2) is 0 Å². The van der Waals surface area contributed by atoms with Gasteiger partial charge >= 0.3 is 0 Å². The van der Waals surface area contributed by atoms with Crippen LogP contribution in [0.3, 0.4) is 0 Å². The highest BCUT2D eigenvalue weighted by Gasteiger charge is 2.47. The topological polar surface area (TPSA) is 71.8 Å². The van der Waals surface area contributed by atoms with Gasteiger partial charge < -0.3 is 14.4 Å². The minimum absolute atomic E-state index is 0.0605. The number of aliphatic hydroxyl groups excluding tert-OH is 1. The van der Waals surface area contributed by atoms with Gasteiger partial charge in [0.1, 0.15) is 11.5 Å². The number of hydrogen-bond donors (Lipinski definition) is 1. The minimum atomic E-state index is -0.777. The standard InChI is InChI=1S/C27H22N2O4/c1-28-16-21(20-10-6-7-11-22(20)28)24-23(25(30)17-12-14-19(33-2)15-13-17)26(31)27(32)29(24)18-8-4-3-5-9-18/h3-16,24,30H,1-2H3/b25-23+. The zero-order valence-corrected chi connectivity index (χ0v) is 18.2. The molecule has 1 aliphatic heterocycles. The second-order valence-electron chi connectivity index (χ2n) is 7.95. The number of ether oxygens (including phenoxy) is 1. The Morgan fingerprint density at radius 3 is 2.27 bits per heavy atom. The number of Topliss-reactive ketones (excluding diaryl/α,β-unsaturated/α-hetero) is 1. The van der Waals surface area contributed by atoms with Gasteiger partial charge in [-0.05, 0) is 42.5 Å². The first kappa shape index (κ1) is 20.6. The lowest BCUT2D eigenvalue weighted by Gasteiger charge is -2.25. The van der Waals surface area contributed by atoms with Gasteiger partial charge in [0.2, 0.25) is 0 Å². The number of rotatable bonds is 4. The molecule has 1 atom stereocenters. The number of anilines is 1. The van der Waals surface area contributed by atoms with Crippen molar-refractivity contribution < 1.29 is 19.4 Å². The molecule has 1 aromatic heterocycles. The van der Waals surface area contributed by atoms with Crippen LogP contribution >= 0.6 is 0 Å². The van der Waals surface area contributed by atoms with Crippen LogP contribution in [0.25, 0.3) is 16.7 Å². The Balaban J connectivity index is 1.78. The molecule has 0 aliphatic carbocycles. The number of hydrogen-bond acceptors (Lipinski definition) is 4. The van der Waals surface area contributed by atoms with Crippen LogP contribution in [0, 0.1) is 0 Å². The van der Waals surface area contributed by atoms with Crippen LogP contribution in [0.15, 0.2) is 90.6 Å².